The van der Waals surface area contributed by atoms with E-state index in [1.807, 2.05) is 0 Å². The van der Waals surface area contributed by atoms with E-state index in [-0.39, 0.29) is 62.3 Å². The second-order valence-electron chi connectivity index (χ2n) is 23.2. The van der Waals surface area contributed by atoms with Crippen molar-refractivity contribution >= 4 is 117 Å². The fourth-order valence-corrected chi connectivity index (χ4v) is 15.7. The van der Waals surface area contributed by atoms with E-state index >= 15 is 0 Å². The molecule has 9 heterocycles. The maximum Gasteiger partial charge on any atom is 0.490 e. The van der Waals surface area contributed by atoms with Gasteiger partial charge >= 0.3 is 47.8 Å². The zero-order valence-corrected chi connectivity index (χ0v) is 57.7. The largest absolute Gasteiger partial charge is 0.490 e. The Kier molecular flexibility index (Phi) is 21.9. The van der Waals surface area contributed by atoms with E-state index in [2.05, 4.69) is 59.1 Å². The third-order valence-corrected chi connectivity index (χ3v) is 21.3. The van der Waals surface area contributed by atoms with Crippen LogP contribution < -0.4 is 32.1 Å². The van der Waals surface area contributed by atoms with E-state index in [9.17, 15) is 72.2 Å². The van der Waals surface area contributed by atoms with Gasteiger partial charge in [0.15, 0.2) is 59.1 Å². The van der Waals surface area contributed by atoms with E-state index in [1.54, 1.807) is 36.4 Å². The highest BCUT2D eigenvalue weighted by molar-refractivity contribution is 8.07. The summed E-state index contributed by atoms with van der Waals surface area (Å²) < 4.78 is 112. The van der Waals surface area contributed by atoms with Crippen molar-refractivity contribution in [3.8, 4) is 0 Å². The van der Waals surface area contributed by atoms with E-state index in [1.165, 1.54) is 74.5 Å². The van der Waals surface area contributed by atoms with Crippen molar-refractivity contribution in [1.82, 2.24) is 53.6 Å². The van der Waals surface area contributed by atoms with Crippen LogP contribution in [0.15, 0.2) is 95.6 Å². The molecule has 2 aromatic carbocycles. The van der Waals surface area contributed by atoms with E-state index in [0.717, 1.165) is 35.2 Å². The number of nitrogens with two attached hydrogens (primary N) is 1. The van der Waals surface area contributed by atoms with E-state index in [0.29, 0.717) is 0 Å². The number of nitrogen functional groups attached to an aromatic ring is 1. The van der Waals surface area contributed by atoms with Crippen LogP contribution in [0, 0.1) is 11.8 Å². The summed E-state index contributed by atoms with van der Waals surface area (Å²) in [5.41, 5.74) is 3.89. The first-order valence-electron chi connectivity index (χ1n) is 30.0. The lowest BCUT2D eigenvalue weighted by molar-refractivity contribution is -0.745. The lowest BCUT2D eigenvalue weighted by atomic mass is 10.1. The Balaban J connectivity index is 0.837. The number of rotatable bonds is 27. The smallest absolute Gasteiger partial charge is 0.455 e. The fraction of sp³-hybridized carbons (Fsp3) is 0.426. The number of aryl methyl sites for hydroxylation is 1. The molecule has 0 saturated carbocycles. The number of fused-ring (bicyclic) bond motifs is 3. The van der Waals surface area contributed by atoms with Gasteiger partial charge in [-0.2, -0.15) is 13.6 Å². The van der Waals surface area contributed by atoms with Crippen molar-refractivity contribution in [3.63, 3.8) is 0 Å². The average Bonchev–Trinajstić information content (AvgIpc) is 1.62. The number of phosphoric acid groups is 3. The summed E-state index contributed by atoms with van der Waals surface area (Å²) in [6.07, 6.45) is -15.7. The number of ether oxygens (including phenoxy) is 6. The molecule has 8 aromatic rings. The predicted octanol–water partition coefficient (Wildman–Crippen LogP) is 1.16. The summed E-state index contributed by atoms with van der Waals surface area (Å²) in [6, 6.07) is 15.9. The molecule has 542 valence electrons. The van der Waals surface area contributed by atoms with Gasteiger partial charge in [-0.05, 0) is 36.1 Å². The first-order valence-corrected chi connectivity index (χ1v) is 37.0. The minimum atomic E-state index is -6.29. The van der Waals surface area contributed by atoms with Gasteiger partial charge in [-0.1, -0.05) is 69.1 Å². The molecule has 3 saturated heterocycles. The van der Waals surface area contributed by atoms with Crippen LogP contribution in [0.1, 0.15) is 67.1 Å². The van der Waals surface area contributed by atoms with Crippen LogP contribution in [0.4, 0.5) is 17.7 Å². The SMILES string of the molecule is CO[C@@H]1[C@H](OP(O)(=S)OC[C@H]2O[C@@H](n3cnc4c(=O)[nH]c(NC(=O)c5ccccc5)nc43)[C@H](OC(=O)C(C)C)[C@@H]2OC(=O)C(C)C)[C@@H](COP(=O)(O)OP(=O)(O)OP(=O)(O)OC[C@H]2O[C@@H]([n+]3cn(C)c4c(=O)[nH]c(N)nc43)[C@H](O)[C@@H]2O)O[C@H]1n1cnc2c(NC(=O)c3ccccc3)ncnc21. The summed E-state index contributed by atoms with van der Waals surface area (Å²) in [7, 11) is -15.7. The van der Waals surface area contributed by atoms with Crippen molar-refractivity contribution in [2.24, 2.45) is 18.9 Å². The maximum atomic E-state index is 13.7. The number of H-pyrrole nitrogens is 2. The van der Waals surface area contributed by atoms with Crippen LogP contribution in [-0.2, 0) is 97.3 Å². The summed E-state index contributed by atoms with van der Waals surface area (Å²) in [6.45, 7) is -2.25. The number of anilines is 3. The Hall–Kier alpha value is -7.93. The van der Waals surface area contributed by atoms with Gasteiger partial charge in [0.1, 0.15) is 49.1 Å². The number of nitrogens with one attached hydrogen (secondary N) is 4. The maximum absolute atomic E-state index is 13.7. The van der Waals surface area contributed by atoms with Gasteiger partial charge in [0.2, 0.25) is 17.7 Å². The zero-order valence-electron chi connectivity index (χ0n) is 53.3. The Labute approximate surface area is 572 Å². The average molecular weight is 1510 g/mol. The molecular weight excluding hydrogens is 1450 g/mol. The lowest BCUT2D eigenvalue weighted by Gasteiger charge is -2.28. The normalized spacial score (nSPS) is 25.4. The molecule has 47 heteroatoms. The van der Waals surface area contributed by atoms with Crippen molar-refractivity contribution in [1.29, 1.82) is 0 Å². The molecule has 12 N–H and O–H groups in total. The zero-order chi connectivity index (χ0) is 72.8. The molecule has 3 aliphatic rings. The number of carbonyl (C=O) groups excluding carboxylic acids is 4. The third kappa shape index (κ3) is 16.5. The first kappa shape index (κ1) is 74.3. The van der Waals surface area contributed by atoms with Crippen molar-refractivity contribution in [2.75, 3.05) is 43.3 Å². The topological polar surface area (TPSA) is 563 Å². The molecule has 11 rings (SSSR count). The number of methoxy groups -OCH3 is 1. The van der Waals surface area contributed by atoms with Gasteiger partial charge in [-0.25, -0.2) is 38.2 Å². The van der Waals surface area contributed by atoms with Crippen molar-refractivity contribution in [2.45, 2.75) is 101 Å². The number of aromatic amines is 2. The monoisotopic (exact) mass is 1510 g/mol. The third-order valence-electron chi connectivity index (χ3n) is 15.4. The fourth-order valence-electron chi connectivity index (χ4n) is 10.7. The number of phosphoric ester groups is 2. The van der Waals surface area contributed by atoms with Gasteiger partial charge in [0.25, 0.3) is 28.9 Å². The van der Waals surface area contributed by atoms with Crippen molar-refractivity contribution in [3.05, 3.63) is 118 Å². The lowest BCUT2D eigenvalue weighted by Crippen LogP contribution is -2.46. The van der Waals surface area contributed by atoms with Gasteiger partial charge in [0, 0.05) is 18.2 Å². The van der Waals surface area contributed by atoms with Gasteiger partial charge in [-0.15, -0.1) is 0 Å². The van der Waals surface area contributed by atoms with Crippen LogP contribution >= 0.6 is 30.2 Å². The van der Waals surface area contributed by atoms with Crippen LogP contribution in [0.2, 0.25) is 0 Å². The highest BCUT2D eigenvalue weighted by Crippen LogP contribution is 2.68. The minimum absolute atomic E-state index is 0.0300. The molecule has 3 aliphatic heterocycles. The Morgan fingerprint density at radius 3 is 1.81 bits per heavy atom. The number of hydrogen-bond acceptors (Lipinski definition) is 31. The number of aromatic nitrogens is 12. The Morgan fingerprint density at radius 2 is 1.21 bits per heavy atom. The van der Waals surface area contributed by atoms with Gasteiger partial charge in [0.05, 0.1) is 51.4 Å². The molecular formula is C54H64N15O27P4S+. The summed E-state index contributed by atoms with van der Waals surface area (Å²) >= 11 is 5.57. The van der Waals surface area contributed by atoms with Crippen LogP contribution in [0.25, 0.3) is 33.5 Å². The van der Waals surface area contributed by atoms with Crippen molar-refractivity contribution < 1.29 is 122 Å². The highest BCUT2D eigenvalue weighted by Gasteiger charge is 2.55. The molecule has 6 aromatic heterocycles. The second-order valence-corrected chi connectivity index (χ2v) is 30.6. The van der Waals surface area contributed by atoms with Crippen LogP contribution in [0.3, 0.4) is 0 Å². The van der Waals surface area contributed by atoms with Crippen LogP contribution in [-0.4, -0.2) is 189 Å². The highest BCUT2D eigenvalue weighted by atomic mass is 32.5. The van der Waals surface area contributed by atoms with E-state index < -0.39 is 170 Å². The minimum Gasteiger partial charge on any atom is -0.455 e. The molecule has 42 nitrogen and oxygen atoms in total. The number of carbonyl (C=O) groups is 4. The number of aliphatic hydroxyl groups is 2. The number of hydrogen-bond donors (Lipinski definition) is 11. The second kappa shape index (κ2) is 29.8. The molecule has 4 unspecified atom stereocenters. The number of aliphatic hydroxyl groups excluding tert-OH is 2. The molecule has 3 fully saturated rings. The summed E-state index contributed by atoms with van der Waals surface area (Å²) in [5, 5.41) is 26.9. The quantitative estimate of drug-likeness (QED) is 0.0195. The standard InChI is InChI=1S/C54H63N15O27P4S/c1-24(2)51(76)92-36-29(90-50(39(36)93-52(77)25(3)4)68-22-59-32-42(68)62-54(65-46(32)74)64-45(73)27-15-11-8-12-16-27)19-88-100(84,101)94-37-30(91-49(38(37)85-6)67-21-58-31-40(56-20-57-41(31)67)60-44(72)26-13-9-7-10-14-26)18-87-98(80,81)96-99(82,83)95-97(78,79)86-17-28-34(70)35(71)48(89-28)69-23-66(5)33-43(69)61-53(55)63-47(33)75/h7-16,20-25,28-30,34-39,48-50,70-71H,17-19H2,1-6H3,(H9-,55,56,57,60,61,62,63,64,65,72,73,74,75,78,79,80,81,82,83,84,101)/p+1/t28-,29-,30-,34-,35-,36-,37-,38-,39-,48-,49-,50-,100?/m1/s1. The van der Waals surface area contributed by atoms with Gasteiger partial charge in [-0.3, -0.25) is 71.3 Å². The summed E-state index contributed by atoms with van der Waals surface area (Å²) in [4.78, 5) is 154. The Morgan fingerprint density at radius 1 is 0.663 bits per heavy atom. The summed E-state index contributed by atoms with van der Waals surface area (Å²) in [5.74, 6) is -5.33. The first-order chi connectivity index (χ1) is 47.7. The number of benzene rings is 2. The molecule has 0 aliphatic carbocycles. The molecule has 0 bridgehead atoms. The molecule has 0 spiro atoms. The Bertz CT molecular complexity index is 4780. The number of amides is 2. The molecule has 2 amide bonds. The molecule has 0 radical (unpaired) electrons. The number of imidazole rings is 3. The predicted molar refractivity (Wildman–Crippen MR) is 343 cm³/mol. The number of nitrogens with zero attached hydrogens (tertiary/aromatic N) is 10. The number of esters is 2. The molecule has 16 atom stereocenters. The van der Waals surface area contributed by atoms with E-state index in [4.69, 9.17) is 64.1 Å². The van der Waals surface area contributed by atoms with Crippen LogP contribution in [0.5, 0.6) is 0 Å². The van der Waals surface area contributed by atoms with Gasteiger partial charge < -0.3 is 73.8 Å². The molecule has 101 heavy (non-hydrogen) atoms.